The van der Waals surface area contributed by atoms with E-state index in [9.17, 15) is 0 Å². The van der Waals surface area contributed by atoms with Crippen LogP contribution in [-0.2, 0) is 6.42 Å². The molecular weight excluding hydrogens is 164 g/mol. The topological polar surface area (TPSA) is 44.8 Å². The van der Waals surface area contributed by atoms with E-state index in [1.807, 2.05) is 6.20 Å². The lowest BCUT2D eigenvalue weighted by Gasteiger charge is -2.48. The molecule has 0 bridgehead atoms. The molecule has 1 N–H and O–H groups in total. The number of hydrogen-bond donors (Lipinski definition) is 1. The Balaban J connectivity index is 1.78. The second-order valence-electron chi connectivity index (χ2n) is 4.20. The van der Waals surface area contributed by atoms with Gasteiger partial charge in [0, 0.05) is 18.5 Å². The minimum Gasteiger partial charge on any atom is -0.297 e. The fraction of sp³-hybridized carbons (Fsp3) is 0.778. The first kappa shape index (κ1) is 7.50. The van der Waals surface area contributed by atoms with Crippen molar-refractivity contribution in [3.05, 3.63) is 11.9 Å². The van der Waals surface area contributed by atoms with Crippen LogP contribution >= 0.6 is 0 Å². The zero-order valence-corrected chi connectivity index (χ0v) is 7.66. The molecule has 70 valence electrons. The fourth-order valence-electron chi connectivity index (χ4n) is 2.75. The van der Waals surface area contributed by atoms with E-state index in [0.29, 0.717) is 5.54 Å². The van der Waals surface area contributed by atoms with Gasteiger partial charge in [-0.05, 0) is 25.8 Å². The number of aromatic nitrogens is 3. The standard InChI is InChI=1S/C9H14N4/c1-2-9(3-5-13(9)4-1)6-8-7-10-12-11-8/h7H,1-6H2,(H,10,11,12). The van der Waals surface area contributed by atoms with Gasteiger partial charge < -0.3 is 0 Å². The van der Waals surface area contributed by atoms with E-state index in [0.717, 1.165) is 12.1 Å². The normalized spacial score (nSPS) is 32.9. The summed E-state index contributed by atoms with van der Waals surface area (Å²) in [5, 5.41) is 10.7. The summed E-state index contributed by atoms with van der Waals surface area (Å²) < 4.78 is 0. The van der Waals surface area contributed by atoms with Gasteiger partial charge in [0.05, 0.1) is 11.9 Å². The molecule has 2 saturated heterocycles. The van der Waals surface area contributed by atoms with Gasteiger partial charge >= 0.3 is 0 Å². The van der Waals surface area contributed by atoms with E-state index in [2.05, 4.69) is 20.3 Å². The van der Waals surface area contributed by atoms with Gasteiger partial charge in [-0.25, -0.2) is 0 Å². The van der Waals surface area contributed by atoms with Crippen LogP contribution in [0.3, 0.4) is 0 Å². The summed E-state index contributed by atoms with van der Waals surface area (Å²) in [4.78, 5) is 2.60. The monoisotopic (exact) mass is 178 g/mol. The van der Waals surface area contributed by atoms with Crippen molar-refractivity contribution in [3.8, 4) is 0 Å². The van der Waals surface area contributed by atoms with Crippen LogP contribution in [-0.4, -0.2) is 38.9 Å². The van der Waals surface area contributed by atoms with Crippen LogP contribution in [0.25, 0.3) is 0 Å². The number of hydrogen-bond acceptors (Lipinski definition) is 3. The van der Waals surface area contributed by atoms with Gasteiger partial charge in [-0.1, -0.05) is 0 Å². The number of fused-ring (bicyclic) bond motifs is 1. The van der Waals surface area contributed by atoms with E-state index < -0.39 is 0 Å². The van der Waals surface area contributed by atoms with Gasteiger partial charge in [0.25, 0.3) is 0 Å². The summed E-state index contributed by atoms with van der Waals surface area (Å²) >= 11 is 0. The molecule has 13 heavy (non-hydrogen) atoms. The molecule has 1 aromatic rings. The van der Waals surface area contributed by atoms with Crippen molar-refractivity contribution in [2.75, 3.05) is 13.1 Å². The zero-order chi connectivity index (χ0) is 8.73. The summed E-state index contributed by atoms with van der Waals surface area (Å²) in [7, 11) is 0. The molecule has 0 radical (unpaired) electrons. The van der Waals surface area contributed by atoms with E-state index in [-0.39, 0.29) is 0 Å². The van der Waals surface area contributed by atoms with Crippen LogP contribution < -0.4 is 0 Å². The second kappa shape index (κ2) is 2.54. The van der Waals surface area contributed by atoms with Crippen molar-refractivity contribution in [2.45, 2.75) is 31.2 Å². The maximum absolute atomic E-state index is 4.13. The highest BCUT2D eigenvalue weighted by atomic mass is 15.3. The fourth-order valence-corrected chi connectivity index (χ4v) is 2.75. The van der Waals surface area contributed by atoms with Crippen LogP contribution in [0, 0.1) is 0 Å². The first-order valence-electron chi connectivity index (χ1n) is 4.99. The predicted molar refractivity (Wildman–Crippen MR) is 48.2 cm³/mol. The highest BCUT2D eigenvalue weighted by Crippen LogP contribution is 2.42. The Labute approximate surface area is 77.3 Å². The van der Waals surface area contributed by atoms with Crippen molar-refractivity contribution in [2.24, 2.45) is 0 Å². The third-order valence-electron chi connectivity index (χ3n) is 3.56. The van der Waals surface area contributed by atoms with Crippen LogP contribution in [0.5, 0.6) is 0 Å². The molecule has 4 nitrogen and oxygen atoms in total. The lowest BCUT2D eigenvalue weighted by Crippen LogP contribution is -2.56. The molecule has 0 spiro atoms. The number of nitrogens with one attached hydrogen (secondary N) is 1. The highest BCUT2D eigenvalue weighted by molar-refractivity contribution is 5.10. The predicted octanol–water partition coefficient (Wildman–Crippen LogP) is 0.585. The maximum Gasteiger partial charge on any atom is 0.0843 e. The lowest BCUT2D eigenvalue weighted by atomic mass is 9.81. The van der Waals surface area contributed by atoms with Crippen LogP contribution in [0.1, 0.15) is 25.0 Å². The molecule has 4 heteroatoms. The quantitative estimate of drug-likeness (QED) is 0.720. The van der Waals surface area contributed by atoms with Crippen LogP contribution in [0.15, 0.2) is 6.20 Å². The first-order chi connectivity index (χ1) is 6.39. The van der Waals surface area contributed by atoms with E-state index in [1.165, 1.54) is 32.4 Å². The smallest absolute Gasteiger partial charge is 0.0843 e. The number of rotatable bonds is 2. The Kier molecular flexibility index (Phi) is 1.47. The molecule has 3 rings (SSSR count). The highest BCUT2D eigenvalue weighted by Gasteiger charge is 2.47. The minimum absolute atomic E-state index is 0.469. The first-order valence-corrected chi connectivity index (χ1v) is 4.99. The Morgan fingerprint density at radius 2 is 2.46 bits per heavy atom. The maximum atomic E-state index is 4.13. The largest absolute Gasteiger partial charge is 0.297 e. The number of nitrogens with zero attached hydrogens (tertiary/aromatic N) is 3. The third kappa shape index (κ3) is 1.01. The van der Waals surface area contributed by atoms with Crippen LogP contribution in [0.2, 0.25) is 0 Å². The minimum atomic E-state index is 0.469. The van der Waals surface area contributed by atoms with Crippen molar-refractivity contribution in [3.63, 3.8) is 0 Å². The Hall–Kier alpha value is -0.900. The molecule has 2 aliphatic rings. The van der Waals surface area contributed by atoms with Gasteiger partial charge in [-0.3, -0.25) is 4.90 Å². The molecule has 0 aliphatic carbocycles. The number of aromatic amines is 1. The van der Waals surface area contributed by atoms with Gasteiger partial charge in [0.15, 0.2) is 0 Å². The molecule has 0 aromatic carbocycles. The Bertz CT molecular complexity index is 295. The SMILES string of the molecule is c1n[nH]nc1CC12CCCN1CC2. The summed E-state index contributed by atoms with van der Waals surface area (Å²) in [6, 6.07) is 0. The molecule has 2 aliphatic heterocycles. The Morgan fingerprint density at radius 1 is 1.46 bits per heavy atom. The molecule has 0 amide bonds. The molecule has 3 heterocycles. The van der Waals surface area contributed by atoms with Gasteiger partial charge in [0.2, 0.25) is 0 Å². The van der Waals surface area contributed by atoms with E-state index in [4.69, 9.17) is 0 Å². The average Bonchev–Trinajstić information content (AvgIpc) is 2.68. The van der Waals surface area contributed by atoms with Crippen molar-refractivity contribution < 1.29 is 0 Å². The summed E-state index contributed by atoms with van der Waals surface area (Å²) in [6.45, 7) is 2.58. The number of H-pyrrole nitrogens is 1. The molecule has 1 unspecified atom stereocenters. The second-order valence-corrected chi connectivity index (χ2v) is 4.20. The summed E-state index contributed by atoms with van der Waals surface area (Å²) in [5.74, 6) is 0. The third-order valence-corrected chi connectivity index (χ3v) is 3.56. The van der Waals surface area contributed by atoms with Crippen molar-refractivity contribution in [1.29, 1.82) is 0 Å². The van der Waals surface area contributed by atoms with E-state index in [1.54, 1.807) is 0 Å². The van der Waals surface area contributed by atoms with Crippen LogP contribution in [0.4, 0.5) is 0 Å². The molecule has 0 saturated carbocycles. The molecule has 2 fully saturated rings. The molecular formula is C9H14N4. The lowest BCUT2D eigenvalue weighted by molar-refractivity contribution is 0.0272. The van der Waals surface area contributed by atoms with Gasteiger partial charge in [0.1, 0.15) is 0 Å². The van der Waals surface area contributed by atoms with Crippen molar-refractivity contribution in [1.82, 2.24) is 20.3 Å². The summed E-state index contributed by atoms with van der Waals surface area (Å²) in [5.41, 5.74) is 1.59. The van der Waals surface area contributed by atoms with Gasteiger partial charge in [-0.15, -0.1) is 0 Å². The molecule has 1 aromatic heterocycles. The average molecular weight is 178 g/mol. The Morgan fingerprint density at radius 3 is 3.08 bits per heavy atom. The van der Waals surface area contributed by atoms with Crippen molar-refractivity contribution >= 4 is 0 Å². The van der Waals surface area contributed by atoms with Gasteiger partial charge in [-0.2, -0.15) is 15.4 Å². The summed E-state index contributed by atoms with van der Waals surface area (Å²) in [6.07, 6.45) is 6.99. The molecule has 1 atom stereocenters. The van der Waals surface area contributed by atoms with E-state index >= 15 is 0 Å². The zero-order valence-electron chi connectivity index (χ0n) is 7.66.